The van der Waals surface area contributed by atoms with Crippen LogP contribution in [0.5, 0.6) is 0 Å². The predicted molar refractivity (Wildman–Crippen MR) is 42.5 cm³/mol. The van der Waals surface area contributed by atoms with E-state index >= 15 is 0 Å². The molecule has 0 bridgehead atoms. The summed E-state index contributed by atoms with van der Waals surface area (Å²) in [7, 11) is 1.75. The molecule has 0 saturated carbocycles. The molecule has 10 heavy (non-hydrogen) atoms. The van der Waals surface area contributed by atoms with Crippen molar-refractivity contribution in [2.24, 2.45) is 0 Å². The molecule has 58 valence electrons. The van der Waals surface area contributed by atoms with E-state index in [0.717, 1.165) is 19.3 Å². The summed E-state index contributed by atoms with van der Waals surface area (Å²) >= 11 is 0. The van der Waals surface area contributed by atoms with Crippen LogP contribution in [0.25, 0.3) is 0 Å². The van der Waals surface area contributed by atoms with Crippen LogP contribution in [0.4, 0.5) is 0 Å². The number of carbonyl (C=O) groups is 1. The van der Waals surface area contributed by atoms with E-state index in [0.29, 0.717) is 0 Å². The standard InChI is InChI=1S/C8H15NO/c1-4-8(5-2)6-9(3)7-10/h6-7H,4-5H2,1-3H3. The van der Waals surface area contributed by atoms with E-state index < -0.39 is 0 Å². The van der Waals surface area contributed by atoms with Gasteiger partial charge in [0.05, 0.1) is 0 Å². The predicted octanol–water partition coefficient (Wildman–Crippen LogP) is 1.78. The first-order valence-electron chi connectivity index (χ1n) is 3.61. The largest absolute Gasteiger partial charge is 0.325 e. The molecular weight excluding hydrogens is 126 g/mol. The quantitative estimate of drug-likeness (QED) is 0.546. The summed E-state index contributed by atoms with van der Waals surface area (Å²) in [6.45, 7) is 4.18. The normalized spacial score (nSPS) is 8.70. The second-order valence-corrected chi connectivity index (χ2v) is 2.27. The lowest BCUT2D eigenvalue weighted by molar-refractivity contribution is -0.115. The van der Waals surface area contributed by atoms with Gasteiger partial charge < -0.3 is 4.90 Å². The van der Waals surface area contributed by atoms with Crippen molar-refractivity contribution in [3.63, 3.8) is 0 Å². The zero-order valence-corrected chi connectivity index (χ0v) is 6.92. The lowest BCUT2D eigenvalue weighted by Gasteiger charge is -2.06. The molecular formula is C8H15NO. The first-order valence-corrected chi connectivity index (χ1v) is 3.61. The van der Waals surface area contributed by atoms with Gasteiger partial charge >= 0.3 is 0 Å². The van der Waals surface area contributed by atoms with Gasteiger partial charge in [-0.25, -0.2) is 0 Å². The highest BCUT2D eigenvalue weighted by atomic mass is 16.1. The number of nitrogens with zero attached hydrogens (tertiary/aromatic N) is 1. The monoisotopic (exact) mass is 141 g/mol. The van der Waals surface area contributed by atoms with Gasteiger partial charge in [0.2, 0.25) is 6.41 Å². The molecule has 0 aromatic heterocycles. The number of rotatable bonds is 4. The molecule has 0 fully saturated rings. The molecule has 0 heterocycles. The van der Waals surface area contributed by atoms with Crippen molar-refractivity contribution < 1.29 is 4.79 Å². The number of allylic oxidation sites excluding steroid dienone is 1. The van der Waals surface area contributed by atoms with Crippen LogP contribution in [0, 0.1) is 0 Å². The topological polar surface area (TPSA) is 20.3 Å². The molecule has 0 atom stereocenters. The molecule has 0 rings (SSSR count). The molecule has 0 N–H and O–H groups in total. The first kappa shape index (κ1) is 9.21. The van der Waals surface area contributed by atoms with Crippen molar-refractivity contribution in [3.05, 3.63) is 11.8 Å². The molecule has 0 aliphatic rings. The van der Waals surface area contributed by atoms with Crippen LogP contribution in [0.2, 0.25) is 0 Å². The van der Waals surface area contributed by atoms with Crippen LogP contribution in [0.3, 0.4) is 0 Å². The molecule has 0 saturated heterocycles. The smallest absolute Gasteiger partial charge is 0.213 e. The molecule has 1 amide bonds. The molecule has 0 aliphatic carbocycles. The number of hydrogen-bond donors (Lipinski definition) is 0. The SMILES string of the molecule is CCC(=CN(C)C=O)CC. The second kappa shape index (κ2) is 5.03. The van der Waals surface area contributed by atoms with Gasteiger partial charge in [-0.05, 0) is 12.8 Å². The Labute approximate surface area is 62.5 Å². The van der Waals surface area contributed by atoms with Gasteiger partial charge in [-0.1, -0.05) is 19.4 Å². The van der Waals surface area contributed by atoms with E-state index in [9.17, 15) is 4.79 Å². The van der Waals surface area contributed by atoms with Crippen molar-refractivity contribution in [2.75, 3.05) is 7.05 Å². The molecule has 0 aliphatic heterocycles. The fraction of sp³-hybridized carbons (Fsp3) is 0.625. The minimum absolute atomic E-state index is 0.811. The minimum Gasteiger partial charge on any atom is -0.325 e. The molecule has 0 aromatic rings. The second-order valence-electron chi connectivity index (χ2n) is 2.27. The maximum Gasteiger partial charge on any atom is 0.213 e. The number of amides is 1. The Morgan fingerprint density at radius 1 is 1.40 bits per heavy atom. The zero-order valence-electron chi connectivity index (χ0n) is 6.92. The Morgan fingerprint density at radius 3 is 2.20 bits per heavy atom. The number of carbonyl (C=O) groups excluding carboxylic acids is 1. The summed E-state index contributed by atoms with van der Waals surface area (Å²) < 4.78 is 0. The molecule has 0 aromatic carbocycles. The third-order valence-electron chi connectivity index (χ3n) is 1.46. The van der Waals surface area contributed by atoms with E-state index in [1.807, 2.05) is 6.20 Å². The van der Waals surface area contributed by atoms with Gasteiger partial charge in [0.15, 0.2) is 0 Å². The van der Waals surface area contributed by atoms with Crippen LogP contribution in [0.15, 0.2) is 11.8 Å². The molecule has 0 unspecified atom stereocenters. The number of hydrogen-bond acceptors (Lipinski definition) is 1. The van der Waals surface area contributed by atoms with Gasteiger partial charge in [0, 0.05) is 13.2 Å². The summed E-state index contributed by atoms with van der Waals surface area (Å²) in [5.41, 5.74) is 1.30. The maximum atomic E-state index is 10.2. The maximum absolute atomic E-state index is 10.2. The average molecular weight is 141 g/mol. The highest BCUT2D eigenvalue weighted by Crippen LogP contribution is 2.04. The van der Waals surface area contributed by atoms with Crippen LogP contribution < -0.4 is 0 Å². The van der Waals surface area contributed by atoms with Crippen molar-refractivity contribution in [3.8, 4) is 0 Å². The van der Waals surface area contributed by atoms with Crippen molar-refractivity contribution in [2.45, 2.75) is 26.7 Å². The summed E-state index contributed by atoms with van der Waals surface area (Å²) in [6.07, 6.45) is 4.74. The van der Waals surface area contributed by atoms with Crippen LogP contribution >= 0.6 is 0 Å². The van der Waals surface area contributed by atoms with Crippen LogP contribution in [-0.2, 0) is 4.79 Å². The Bertz CT molecular complexity index is 123. The lowest BCUT2D eigenvalue weighted by Crippen LogP contribution is -2.07. The molecule has 0 spiro atoms. The van der Waals surface area contributed by atoms with Gasteiger partial charge in [-0.2, -0.15) is 0 Å². The molecule has 2 nitrogen and oxygen atoms in total. The summed E-state index contributed by atoms with van der Waals surface area (Å²) in [5, 5.41) is 0. The minimum atomic E-state index is 0.811. The lowest BCUT2D eigenvalue weighted by atomic mass is 10.2. The van der Waals surface area contributed by atoms with E-state index in [4.69, 9.17) is 0 Å². The summed E-state index contributed by atoms with van der Waals surface area (Å²) in [5.74, 6) is 0. The highest BCUT2D eigenvalue weighted by Gasteiger charge is 1.91. The van der Waals surface area contributed by atoms with E-state index in [2.05, 4.69) is 13.8 Å². The third kappa shape index (κ3) is 3.28. The third-order valence-corrected chi connectivity index (χ3v) is 1.46. The van der Waals surface area contributed by atoms with Gasteiger partial charge in [0.1, 0.15) is 0 Å². The summed E-state index contributed by atoms with van der Waals surface area (Å²) in [4.78, 5) is 11.7. The van der Waals surface area contributed by atoms with Crippen LogP contribution in [0.1, 0.15) is 26.7 Å². The van der Waals surface area contributed by atoms with E-state index in [-0.39, 0.29) is 0 Å². The van der Waals surface area contributed by atoms with Crippen molar-refractivity contribution in [1.29, 1.82) is 0 Å². The van der Waals surface area contributed by atoms with Gasteiger partial charge in [0.25, 0.3) is 0 Å². The first-order chi connectivity index (χ1) is 4.74. The Balaban J connectivity index is 3.95. The van der Waals surface area contributed by atoms with Crippen molar-refractivity contribution in [1.82, 2.24) is 4.90 Å². The molecule has 2 heteroatoms. The average Bonchev–Trinajstić information content (AvgIpc) is 1.99. The highest BCUT2D eigenvalue weighted by molar-refractivity contribution is 5.48. The van der Waals surface area contributed by atoms with Gasteiger partial charge in [-0.15, -0.1) is 0 Å². The fourth-order valence-electron chi connectivity index (χ4n) is 0.751. The Morgan fingerprint density at radius 2 is 1.90 bits per heavy atom. The Kier molecular flexibility index (Phi) is 4.63. The van der Waals surface area contributed by atoms with E-state index in [1.165, 1.54) is 5.57 Å². The Hall–Kier alpha value is -0.790. The van der Waals surface area contributed by atoms with E-state index in [1.54, 1.807) is 11.9 Å². The van der Waals surface area contributed by atoms with Crippen LogP contribution in [-0.4, -0.2) is 18.4 Å². The zero-order chi connectivity index (χ0) is 7.98. The van der Waals surface area contributed by atoms with Gasteiger partial charge in [-0.3, -0.25) is 4.79 Å². The fourth-order valence-corrected chi connectivity index (χ4v) is 0.751. The van der Waals surface area contributed by atoms with Crippen molar-refractivity contribution >= 4 is 6.41 Å². The summed E-state index contributed by atoms with van der Waals surface area (Å²) in [6, 6.07) is 0. The molecule has 0 radical (unpaired) electrons.